The summed E-state index contributed by atoms with van der Waals surface area (Å²) >= 11 is 0. The van der Waals surface area contributed by atoms with E-state index >= 15 is 0 Å². The second-order valence-electron chi connectivity index (χ2n) is 5.40. The van der Waals surface area contributed by atoms with Crippen LogP contribution in [0.5, 0.6) is 0 Å². The van der Waals surface area contributed by atoms with Gasteiger partial charge in [-0.05, 0) is 25.2 Å². The average molecular weight is 252 g/mol. The van der Waals surface area contributed by atoms with Crippen molar-refractivity contribution in [2.24, 2.45) is 11.1 Å². The van der Waals surface area contributed by atoms with Crippen molar-refractivity contribution in [1.29, 1.82) is 0 Å². The number of rotatable bonds is 3. The SMILES string of the molecule is CC1(CNC(=O)C(C)(N)C(F)(F)F)CCCC1. The van der Waals surface area contributed by atoms with Gasteiger partial charge in [0.25, 0.3) is 0 Å². The van der Waals surface area contributed by atoms with Crippen LogP contribution in [0.4, 0.5) is 13.2 Å². The first-order valence-electron chi connectivity index (χ1n) is 5.72. The van der Waals surface area contributed by atoms with Crippen molar-refractivity contribution in [2.45, 2.75) is 51.2 Å². The maximum Gasteiger partial charge on any atom is 0.415 e. The molecule has 17 heavy (non-hydrogen) atoms. The summed E-state index contributed by atoms with van der Waals surface area (Å²) in [4.78, 5) is 11.5. The van der Waals surface area contributed by atoms with Gasteiger partial charge in [-0.25, -0.2) is 0 Å². The van der Waals surface area contributed by atoms with Crippen LogP contribution >= 0.6 is 0 Å². The number of hydrogen-bond donors (Lipinski definition) is 2. The van der Waals surface area contributed by atoms with Gasteiger partial charge in [-0.3, -0.25) is 4.79 Å². The molecule has 3 nitrogen and oxygen atoms in total. The van der Waals surface area contributed by atoms with Gasteiger partial charge in [0.05, 0.1) is 0 Å². The Morgan fingerprint density at radius 3 is 2.24 bits per heavy atom. The maximum absolute atomic E-state index is 12.5. The number of nitrogens with two attached hydrogens (primary N) is 1. The predicted molar refractivity (Wildman–Crippen MR) is 58.2 cm³/mol. The minimum Gasteiger partial charge on any atom is -0.354 e. The molecule has 6 heteroatoms. The Morgan fingerprint density at radius 1 is 1.35 bits per heavy atom. The van der Waals surface area contributed by atoms with E-state index in [1.807, 2.05) is 6.92 Å². The highest BCUT2D eigenvalue weighted by Crippen LogP contribution is 2.37. The number of amides is 1. The highest BCUT2D eigenvalue weighted by molar-refractivity contribution is 5.86. The van der Waals surface area contributed by atoms with Crippen LogP contribution in [0, 0.1) is 5.41 Å². The maximum atomic E-state index is 12.5. The molecule has 3 N–H and O–H groups in total. The molecule has 1 saturated carbocycles. The number of nitrogens with one attached hydrogen (secondary N) is 1. The summed E-state index contributed by atoms with van der Waals surface area (Å²) in [6.07, 6.45) is -0.744. The Balaban J connectivity index is 2.55. The van der Waals surface area contributed by atoms with Crippen LogP contribution in [0.1, 0.15) is 39.5 Å². The zero-order valence-corrected chi connectivity index (χ0v) is 10.2. The third kappa shape index (κ3) is 3.12. The van der Waals surface area contributed by atoms with Crippen molar-refractivity contribution < 1.29 is 18.0 Å². The van der Waals surface area contributed by atoms with Gasteiger partial charge in [-0.2, -0.15) is 13.2 Å². The first kappa shape index (κ1) is 14.3. The van der Waals surface area contributed by atoms with E-state index in [2.05, 4.69) is 5.32 Å². The van der Waals surface area contributed by atoms with E-state index in [1.54, 1.807) is 0 Å². The molecule has 100 valence electrons. The molecule has 0 heterocycles. The molecule has 1 amide bonds. The van der Waals surface area contributed by atoms with Gasteiger partial charge in [0, 0.05) is 6.54 Å². The Hall–Kier alpha value is -0.780. The van der Waals surface area contributed by atoms with Gasteiger partial charge < -0.3 is 11.1 Å². The van der Waals surface area contributed by atoms with Crippen molar-refractivity contribution in [3.8, 4) is 0 Å². The largest absolute Gasteiger partial charge is 0.415 e. The molecule has 0 radical (unpaired) electrons. The number of hydrogen-bond acceptors (Lipinski definition) is 2. The van der Waals surface area contributed by atoms with E-state index in [0.29, 0.717) is 6.92 Å². The van der Waals surface area contributed by atoms with Crippen molar-refractivity contribution in [3.05, 3.63) is 0 Å². The number of carbonyl (C=O) groups excluding carboxylic acids is 1. The number of carbonyl (C=O) groups is 1. The van der Waals surface area contributed by atoms with Gasteiger partial charge in [-0.15, -0.1) is 0 Å². The first-order valence-corrected chi connectivity index (χ1v) is 5.72. The van der Waals surface area contributed by atoms with E-state index in [0.717, 1.165) is 25.7 Å². The molecule has 1 fully saturated rings. The van der Waals surface area contributed by atoms with Gasteiger partial charge in [0.2, 0.25) is 5.91 Å². The van der Waals surface area contributed by atoms with Crippen LogP contribution in [0.3, 0.4) is 0 Å². The van der Waals surface area contributed by atoms with E-state index < -0.39 is 17.6 Å². The highest BCUT2D eigenvalue weighted by atomic mass is 19.4. The Morgan fingerprint density at radius 2 is 1.82 bits per heavy atom. The molecule has 0 spiro atoms. The van der Waals surface area contributed by atoms with E-state index in [1.165, 1.54) is 0 Å². The molecule has 1 rings (SSSR count). The number of halogens is 3. The van der Waals surface area contributed by atoms with Crippen LogP contribution in [-0.4, -0.2) is 24.2 Å². The smallest absolute Gasteiger partial charge is 0.354 e. The molecule has 1 aliphatic carbocycles. The molecule has 0 saturated heterocycles. The molecule has 0 aliphatic heterocycles. The summed E-state index contributed by atoms with van der Waals surface area (Å²) in [7, 11) is 0. The minimum absolute atomic E-state index is 0.0860. The van der Waals surface area contributed by atoms with Gasteiger partial charge >= 0.3 is 6.18 Å². The Labute approximate surface area is 98.9 Å². The highest BCUT2D eigenvalue weighted by Gasteiger charge is 2.54. The van der Waals surface area contributed by atoms with E-state index in [9.17, 15) is 18.0 Å². The zero-order chi connectivity index (χ0) is 13.3. The molecule has 0 aromatic carbocycles. The van der Waals surface area contributed by atoms with Crippen LogP contribution < -0.4 is 11.1 Å². The van der Waals surface area contributed by atoms with Crippen molar-refractivity contribution >= 4 is 5.91 Å². The second kappa shape index (κ2) is 4.48. The van der Waals surface area contributed by atoms with Crippen LogP contribution in [0.15, 0.2) is 0 Å². The monoisotopic (exact) mass is 252 g/mol. The van der Waals surface area contributed by atoms with Gasteiger partial charge in [0.1, 0.15) is 0 Å². The Kier molecular flexibility index (Phi) is 3.76. The quantitative estimate of drug-likeness (QED) is 0.806. The van der Waals surface area contributed by atoms with Crippen LogP contribution in [0.25, 0.3) is 0 Å². The van der Waals surface area contributed by atoms with Crippen molar-refractivity contribution in [2.75, 3.05) is 6.54 Å². The Bertz CT molecular complexity index is 294. The van der Waals surface area contributed by atoms with Gasteiger partial charge in [0.15, 0.2) is 5.54 Å². The lowest BCUT2D eigenvalue weighted by atomic mass is 9.88. The molecule has 0 bridgehead atoms. The zero-order valence-electron chi connectivity index (χ0n) is 10.2. The molecule has 1 atom stereocenters. The van der Waals surface area contributed by atoms with E-state index in [4.69, 9.17) is 5.73 Å². The second-order valence-corrected chi connectivity index (χ2v) is 5.40. The van der Waals surface area contributed by atoms with Gasteiger partial charge in [-0.1, -0.05) is 19.8 Å². The molecular formula is C11H19F3N2O. The fourth-order valence-corrected chi connectivity index (χ4v) is 2.01. The molecule has 1 aliphatic rings. The summed E-state index contributed by atoms with van der Waals surface area (Å²) in [5.41, 5.74) is 2.12. The lowest BCUT2D eigenvalue weighted by Crippen LogP contribution is -2.62. The predicted octanol–water partition coefficient (Wildman–Crippen LogP) is 1.96. The average Bonchev–Trinajstić information content (AvgIpc) is 2.60. The summed E-state index contributed by atoms with van der Waals surface area (Å²) in [5.74, 6) is -1.15. The summed E-state index contributed by atoms with van der Waals surface area (Å²) in [5, 5.41) is 2.33. The van der Waals surface area contributed by atoms with Crippen LogP contribution in [0.2, 0.25) is 0 Å². The summed E-state index contributed by atoms with van der Waals surface area (Å²) < 4.78 is 37.5. The lowest BCUT2D eigenvalue weighted by molar-refractivity contribution is -0.187. The summed E-state index contributed by atoms with van der Waals surface area (Å²) in [6, 6.07) is 0. The first-order chi connectivity index (χ1) is 7.58. The van der Waals surface area contributed by atoms with E-state index in [-0.39, 0.29) is 12.0 Å². The molecular weight excluding hydrogens is 233 g/mol. The summed E-state index contributed by atoms with van der Waals surface area (Å²) in [6.45, 7) is 2.93. The standard InChI is InChI=1S/C11H19F3N2O/c1-9(5-3-4-6-9)7-16-8(17)10(2,15)11(12,13)14/h3-7,15H2,1-2H3,(H,16,17). The molecule has 0 aromatic heterocycles. The fourth-order valence-electron chi connectivity index (χ4n) is 2.01. The topological polar surface area (TPSA) is 55.1 Å². The number of alkyl halides is 3. The van der Waals surface area contributed by atoms with Crippen LogP contribution in [-0.2, 0) is 4.79 Å². The third-order valence-electron chi connectivity index (χ3n) is 3.55. The third-order valence-corrected chi connectivity index (χ3v) is 3.55. The minimum atomic E-state index is -4.73. The fraction of sp³-hybridized carbons (Fsp3) is 0.909. The van der Waals surface area contributed by atoms with Crippen molar-refractivity contribution in [1.82, 2.24) is 5.32 Å². The molecule has 0 aromatic rings. The normalized spacial score (nSPS) is 23.2. The lowest BCUT2D eigenvalue weighted by Gasteiger charge is -2.29. The van der Waals surface area contributed by atoms with Crippen molar-refractivity contribution in [3.63, 3.8) is 0 Å². The molecule has 1 unspecified atom stereocenters.